The zero-order valence-electron chi connectivity index (χ0n) is 11.3. The van der Waals surface area contributed by atoms with Gasteiger partial charge in [-0.2, -0.15) is 8.42 Å². The second kappa shape index (κ2) is 5.79. The first-order valence-electron chi connectivity index (χ1n) is 6.31. The fourth-order valence-electron chi connectivity index (χ4n) is 2.04. The number of aryl methyl sites for hydroxylation is 1. The zero-order valence-corrected chi connectivity index (χ0v) is 12.1. The molecule has 1 aliphatic heterocycles. The average molecular weight is 302 g/mol. The van der Waals surface area contributed by atoms with Gasteiger partial charge < -0.3 is 14.9 Å². The van der Waals surface area contributed by atoms with E-state index < -0.39 is 34.7 Å². The largest absolute Gasteiger partial charge is 0.388 e. The van der Waals surface area contributed by atoms with Crippen LogP contribution in [0, 0.1) is 6.92 Å². The maximum absolute atomic E-state index is 12.1. The van der Waals surface area contributed by atoms with E-state index in [-0.39, 0.29) is 11.3 Å². The Hall–Kier alpha value is -0.990. The molecule has 0 amide bonds. The first-order valence-corrected chi connectivity index (χ1v) is 7.72. The van der Waals surface area contributed by atoms with Crippen molar-refractivity contribution in [3.8, 4) is 0 Å². The standard InChI is InChI=1S/C13H18O6S/c1-8-3-5-10(6-4-8)20(16,17)19-11-7-12(14)18-9(2)13(11)15/h3-6,9,11-15H,7H2,1-2H3/t9-,11-,12+,13-/m1/s1. The van der Waals surface area contributed by atoms with Gasteiger partial charge in [0, 0.05) is 6.42 Å². The summed E-state index contributed by atoms with van der Waals surface area (Å²) in [4.78, 5) is 0.0175. The minimum Gasteiger partial charge on any atom is -0.388 e. The quantitative estimate of drug-likeness (QED) is 0.792. The molecule has 112 valence electrons. The molecule has 0 spiro atoms. The van der Waals surface area contributed by atoms with Crippen molar-refractivity contribution in [2.24, 2.45) is 0 Å². The summed E-state index contributed by atoms with van der Waals surface area (Å²) in [5.41, 5.74) is 0.930. The van der Waals surface area contributed by atoms with Crippen molar-refractivity contribution in [1.82, 2.24) is 0 Å². The van der Waals surface area contributed by atoms with Gasteiger partial charge in [-0.1, -0.05) is 17.7 Å². The Bertz CT molecular complexity index is 553. The van der Waals surface area contributed by atoms with Crippen molar-refractivity contribution < 1.29 is 27.6 Å². The predicted molar refractivity (Wildman–Crippen MR) is 70.4 cm³/mol. The van der Waals surface area contributed by atoms with Crippen LogP contribution in [0.5, 0.6) is 0 Å². The number of aliphatic hydroxyl groups is 2. The molecule has 1 aromatic carbocycles. The number of hydrogen-bond acceptors (Lipinski definition) is 6. The van der Waals surface area contributed by atoms with E-state index in [2.05, 4.69) is 0 Å². The molecule has 0 radical (unpaired) electrons. The normalized spacial score (nSPS) is 31.2. The zero-order chi connectivity index (χ0) is 14.9. The van der Waals surface area contributed by atoms with Crippen LogP contribution in [-0.4, -0.2) is 43.2 Å². The minimum absolute atomic E-state index is 0.0175. The Morgan fingerprint density at radius 2 is 1.85 bits per heavy atom. The second-order valence-corrected chi connectivity index (χ2v) is 6.50. The van der Waals surface area contributed by atoms with Gasteiger partial charge in [-0.05, 0) is 26.0 Å². The lowest BCUT2D eigenvalue weighted by molar-refractivity contribution is -0.221. The molecule has 7 heteroatoms. The molecule has 2 rings (SSSR count). The monoisotopic (exact) mass is 302 g/mol. The lowest BCUT2D eigenvalue weighted by atomic mass is 10.0. The van der Waals surface area contributed by atoms with Gasteiger partial charge in [0.2, 0.25) is 0 Å². The van der Waals surface area contributed by atoms with E-state index in [1.54, 1.807) is 19.1 Å². The van der Waals surface area contributed by atoms with Crippen LogP contribution in [-0.2, 0) is 19.0 Å². The van der Waals surface area contributed by atoms with E-state index in [1.807, 2.05) is 6.92 Å². The van der Waals surface area contributed by atoms with Crippen molar-refractivity contribution >= 4 is 10.1 Å². The van der Waals surface area contributed by atoms with Crippen molar-refractivity contribution in [1.29, 1.82) is 0 Å². The number of aliphatic hydroxyl groups excluding tert-OH is 2. The molecule has 0 aromatic heterocycles. The Kier molecular flexibility index (Phi) is 4.46. The van der Waals surface area contributed by atoms with E-state index in [4.69, 9.17) is 8.92 Å². The molecule has 2 N–H and O–H groups in total. The maximum Gasteiger partial charge on any atom is 0.297 e. The van der Waals surface area contributed by atoms with E-state index in [0.717, 1.165) is 5.56 Å². The first-order chi connectivity index (χ1) is 9.29. The lowest BCUT2D eigenvalue weighted by Crippen LogP contribution is -2.48. The number of benzene rings is 1. The topological polar surface area (TPSA) is 93.1 Å². The van der Waals surface area contributed by atoms with Gasteiger partial charge in [-0.3, -0.25) is 4.18 Å². The fraction of sp³-hybridized carbons (Fsp3) is 0.538. The minimum atomic E-state index is -3.98. The molecule has 0 saturated carbocycles. The van der Waals surface area contributed by atoms with Crippen molar-refractivity contribution in [3.05, 3.63) is 29.8 Å². The number of hydrogen-bond donors (Lipinski definition) is 2. The number of rotatable bonds is 3. The highest BCUT2D eigenvalue weighted by Gasteiger charge is 2.38. The summed E-state index contributed by atoms with van der Waals surface area (Å²) in [6, 6.07) is 6.20. The molecular weight excluding hydrogens is 284 g/mol. The smallest absolute Gasteiger partial charge is 0.297 e. The SMILES string of the molecule is Cc1ccc(S(=O)(=O)O[C@@H]2C[C@@H](O)O[C@H](C)[C@H]2O)cc1. The van der Waals surface area contributed by atoms with Gasteiger partial charge in [0.1, 0.15) is 12.2 Å². The van der Waals surface area contributed by atoms with Crippen molar-refractivity contribution in [2.45, 2.75) is 49.8 Å². The van der Waals surface area contributed by atoms with Crippen LogP contribution in [0.3, 0.4) is 0 Å². The molecule has 1 aliphatic rings. The summed E-state index contributed by atoms with van der Waals surface area (Å²) in [6.45, 7) is 3.39. The molecule has 0 bridgehead atoms. The van der Waals surface area contributed by atoms with E-state index >= 15 is 0 Å². The summed E-state index contributed by atoms with van der Waals surface area (Å²) in [5, 5.41) is 19.3. The summed E-state index contributed by atoms with van der Waals surface area (Å²) in [7, 11) is -3.98. The molecule has 1 fully saturated rings. The van der Waals surface area contributed by atoms with Crippen LogP contribution in [0.25, 0.3) is 0 Å². The molecule has 1 heterocycles. The Morgan fingerprint density at radius 3 is 2.45 bits per heavy atom. The number of ether oxygens (including phenoxy) is 1. The molecule has 1 saturated heterocycles. The molecule has 4 atom stereocenters. The first kappa shape index (κ1) is 15.4. The van der Waals surface area contributed by atoms with Crippen LogP contribution in [0.4, 0.5) is 0 Å². The average Bonchev–Trinajstić information content (AvgIpc) is 2.35. The van der Waals surface area contributed by atoms with Gasteiger partial charge in [0.15, 0.2) is 6.29 Å². The van der Waals surface area contributed by atoms with Gasteiger partial charge in [-0.25, -0.2) is 0 Å². The van der Waals surface area contributed by atoms with E-state index in [9.17, 15) is 18.6 Å². The van der Waals surface area contributed by atoms with Crippen LogP contribution in [0.2, 0.25) is 0 Å². The van der Waals surface area contributed by atoms with E-state index in [0.29, 0.717) is 0 Å². The predicted octanol–water partition coefficient (Wildman–Crippen LogP) is 0.557. The highest BCUT2D eigenvalue weighted by atomic mass is 32.2. The Morgan fingerprint density at radius 1 is 1.25 bits per heavy atom. The Labute approximate surface area is 118 Å². The fourth-order valence-corrected chi connectivity index (χ4v) is 3.14. The molecule has 0 unspecified atom stereocenters. The van der Waals surface area contributed by atoms with Crippen LogP contribution >= 0.6 is 0 Å². The van der Waals surface area contributed by atoms with Gasteiger partial charge in [0.25, 0.3) is 10.1 Å². The third-order valence-corrected chi connectivity index (χ3v) is 4.58. The van der Waals surface area contributed by atoms with Crippen LogP contribution < -0.4 is 0 Å². The van der Waals surface area contributed by atoms with Gasteiger partial charge in [-0.15, -0.1) is 0 Å². The second-order valence-electron chi connectivity index (χ2n) is 4.92. The third-order valence-electron chi connectivity index (χ3n) is 3.23. The Balaban J connectivity index is 2.17. The van der Waals surface area contributed by atoms with Crippen LogP contribution in [0.15, 0.2) is 29.2 Å². The molecule has 0 aliphatic carbocycles. The summed E-state index contributed by atoms with van der Waals surface area (Å²) in [5.74, 6) is 0. The van der Waals surface area contributed by atoms with Crippen LogP contribution in [0.1, 0.15) is 18.9 Å². The highest BCUT2D eigenvalue weighted by molar-refractivity contribution is 7.86. The summed E-state index contributed by atoms with van der Waals surface area (Å²) < 4.78 is 34.3. The third kappa shape index (κ3) is 3.36. The summed E-state index contributed by atoms with van der Waals surface area (Å²) in [6.07, 6.45) is -4.08. The molecule has 20 heavy (non-hydrogen) atoms. The maximum atomic E-state index is 12.1. The highest BCUT2D eigenvalue weighted by Crippen LogP contribution is 2.25. The molecule has 1 aromatic rings. The van der Waals surface area contributed by atoms with E-state index in [1.165, 1.54) is 12.1 Å². The summed E-state index contributed by atoms with van der Waals surface area (Å²) >= 11 is 0. The van der Waals surface area contributed by atoms with Gasteiger partial charge in [0.05, 0.1) is 11.0 Å². The molecule has 6 nitrogen and oxygen atoms in total. The van der Waals surface area contributed by atoms with Crippen molar-refractivity contribution in [3.63, 3.8) is 0 Å². The van der Waals surface area contributed by atoms with Gasteiger partial charge >= 0.3 is 0 Å². The van der Waals surface area contributed by atoms with Crippen molar-refractivity contribution in [2.75, 3.05) is 0 Å². The lowest BCUT2D eigenvalue weighted by Gasteiger charge is -2.34. The molecular formula is C13H18O6S.